The molecule has 1 N–H and O–H groups in total. The number of carbonyl (C=O) groups is 1. The Hall–Kier alpha value is -1.36. The van der Waals surface area contributed by atoms with Gasteiger partial charge in [-0.15, -0.1) is 0 Å². The fourth-order valence-electron chi connectivity index (χ4n) is 2.34. The van der Waals surface area contributed by atoms with Gasteiger partial charge in [0.1, 0.15) is 0 Å². The van der Waals surface area contributed by atoms with E-state index in [0.717, 1.165) is 37.8 Å². The average Bonchev–Trinajstić information content (AvgIpc) is 2.85. The lowest BCUT2D eigenvalue weighted by Crippen LogP contribution is -2.25. The van der Waals surface area contributed by atoms with Crippen molar-refractivity contribution in [3.05, 3.63) is 18.0 Å². The number of hydrogen-bond acceptors (Lipinski definition) is 3. The molecule has 5 heteroatoms. The van der Waals surface area contributed by atoms with Gasteiger partial charge in [-0.25, -0.2) is 0 Å². The molecule has 1 heterocycles. The number of nitrogens with zero attached hydrogens (tertiary/aromatic N) is 2. The van der Waals surface area contributed by atoms with Crippen LogP contribution in [0.25, 0.3) is 0 Å². The highest BCUT2D eigenvalue weighted by Gasteiger charge is 2.26. The number of carboxylic acids is 1. The van der Waals surface area contributed by atoms with E-state index in [1.165, 1.54) is 0 Å². The highest BCUT2D eigenvalue weighted by atomic mass is 16.5. The highest BCUT2D eigenvalue weighted by molar-refractivity contribution is 5.70. The van der Waals surface area contributed by atoms with E-state index in [1.807, 2.05) is 24.0 Å². The lowest BCUT2D eigenvalue weighted by Gasteiger charge is -2.25. The molecule has 18 heavy (non-hydrogen) atoms. The van der Waals surface area contributed by atoms with Crippen LogP contribution in [0.3, 0.4) is 0 Å². The van der Waals surface area contributed by atoms with Gasteiger partial charge in [-0.05, 0) is 32.6 Å². The van der Waals surface area contributed by atoms with Crippen molar-refractivity contribution in [2.45, 2.75) is 51.9 Å². The van der Waals surface area contributed by atoms with Crippen LogP contribution in [-0.4, -0.2) is 27.0 Å². The van der Waals surface area contributed by atoms with Gasteiger partial charge in [0.25, 0.3) is 0 Å². The first-order chi connectivity index (χ1) is 8.69. The maximum absolute atomic E-state index is 10.8. The Morgan fingerprint density at radius 1 is 1.50 bits per heavy atom. The zero-order chi connectivity index (χ0) is 13.0. The van der Waals surface area contributed by atoms with Crippen molar-refractivity contribution in [2.24, 2.45) is 5.92 Å². The maximum atomic E-state index is 10.8. The average molecular weight is 252 g/mol. The highest BCUT2D eigenvalue weighted by Crippen LogP contribution is 2.26. The van der Waals surface area contributed by atoms with Crippen LogP contribution in [-0.2, 0) is 22.7 Å². The quantitative estimate of drug-likeness (QED) is 0.871. The molecule has 1 aromatic heterocycles. The molecule has 0 atom stereocenters. The molecular formula is C13H20N2O3. The molecule has 0 unspecified atom stereocenters. The van der Waals surface area contributed by atoms with Gasteiger partial charge in [0.05, 0.1) is 24.8 Å². The Balaban J connectivity index is 1.73. The van der Waals surface area contributed by atoms with E-state index in [0.29, 0.717) is 6.61 Å². The number of hydrogen-bond donors (Lipinski definition) is 1. The number of aliphatic carboxylic acids is 1. The third-order valence-electron chi connectivity index (χ3n) is 3.52. The van der Waals surface area contributed by atoms with Crippen LogP contribution in [0.4, 0.5) is 0 Å². The molecule has 100 valence electrons. The predicted octanol–water partition coefficient (Wildman–Crippen LogP) is 2.06. The SMILES string of the molecule is CCn1cc(COC2CCC(C(=O)O)CC2)cn1. The van der Waals surface area contributed by atoms with Gasteiger partial charge in [0.15, 0.2) is 0 Å². The van der Waals surface area contributed by atoms with E-state index in [9.17, 15) is 4.79 Å². The Labute approximate surface area is 107 Å². The summed E-state index contributed by atoms with van der Waals surface area (Å²) in [6, 6.07) is 0. The van der Waals surface area contributed by atoms with Crippen molar-refractivity contribution in [1.29, 1.82) is 0 Å². The van der Waals surface area contributed by atoms with Gasteiger partial charge < -0.3 is 9.84 Å². The number of ether oxygens (including phenoxy) is 1. The summed E-state index contributed by atoms with van der Waals surface area (Å²) in [7, 11) is 0. The molecule has 1 saturated carbocycles. The predicted molar refractivity (Wildman–Crippen MR) is 66.1 cm³/mol. The zero-order valence-corrected chi connectivity index (χ0v) is 10.7. The summed E-state index contributed by atoms with van der Waals surface area (Å²) in [5, 5.41) is 13.1. The second kappa shape index (κ2) is 6.00. The largest absolute Gasteiger partial charge is 0.481 e. The summed E-state index contributed by atoms with van der Waals surface area (Å²) in [4.78, 5) is 10.8. The molecule has 0 saturated heterocycles. The van der Waals surface area contributed by atoms with Crippen molar-refractivity contribution in [3.63, 3.8) is 0 Å². The van der Waals surface area contributed by atoms with E-state index in [2.05, 4.69) is 5.10 Å². The zero-order valence-electron chi connectivity index (χ0n) is 10.7. The van der Waals surface area contributed by atoms with Crippen LogP contribution in [0.1, 0.15) is 38.2 Å². The van der Waals surface area contributed by atoms with E-state index in [1.54, 1.807) is 0 Å². The third kappa shape index (κ3) is 3.32. The van der Waals surface area contributed by atoms with Gasteiger partial charge in [0.2, 0.25) is 0 Å². The minimum absolute atomic E-state index is 0.173. The molecule has 5 nitrogen and oxygen atoms in total. The van der Waals surface area contributed by atoms with Crippen LogP contribution >= 0.6 is 0 Å². The number of aromatic nitrogens is 2. The van der Waals surface area contributed by atoms with E-state index in [4.69, 9.17) is 9.84 Å². The van der Waals surface area contributed by atoms with Crippen LogP contribution < -0.4 is 0 Å². The fourth-order valence-corrected chi connectivity index (χ4v) is 2.34. The molecule has 1 aromatic rings. The van der Waals surface area contributed by atoms with Crippen LogP contribution in [0.2, 0.25) is 0 Å². The molecule has 1 aliphatic carbocycles. The van der Waals surface area contributed by atoms with Crippen LogP contribution in [0.15, 0.2) is 12.4 Å². The minimum Gasteiger partial charge on any atom is -0.481 e. The van der Waals surface area contributed by atoms with Gasteiger partial charge >= 0.3 is 5.97 Å². The first-order valence-corrected chi connectivity index (χ1v) is 6.54. The maximum Gasteiger partial charge on any atom is 0.306 e. The van der Waals surface area contributed by atoms with Crippen molar-refractivity contribution < 1.29 is 14.6 Å². The lowest BCUT2D eigenvalue weighted by molar-refractivity contribution is -0.143. The standard InChI is InChI=1S/C13H20N2O3/c1-2-15-8-10(7-14-15)9-18-12-5-3-11(4-6-12)13(16)17/h7-8,11-12H,2-6,9H2,1H3,(H,16,17). The summed E-state index contributed by atoms with van der Waals surface area (Å²) in [5.74, 6) is -0.842. The molecule has 0 bridgehead atoms. The minimum atomic E-state index is -0.669. The first kappa shape index (κ1) is 13.1. The number of carboxylic acid groups (broad SMARTS) is 1. The van der Waals surface area contributed by atoms with Gasteiger partial charge in [-0.2, -0.15) is 5.10 Å². The summed E-state index contributed by atoms with van der Waals surface area (Å²) < 4.78 is 7.68. The van der Waals surface area contributed by atoms with Crippen molar-refractivity contribution in [2.75, 3.05) is 0 Å². The molecule has 2 rings (SSSR count). The van der Waals surface area contributed by atoms with Crippen molar-refractivity contribution >= 4 is 5.97 Å². The Morgan fingerprint density at radius 3 is 2.78 bits per heavy atom. The number of rotatable bonds is 5. The summed E-state index contributed by atoms with van der Waals surface area (Å²) in [6.45, 7) is 3.48. The molecule has 0 amide bonds. The molecule has 0 aliphatic heterocycles. The van der Waals surface area contributed by atoms with Crippen molar-refractivity contribution in [3.8, 4) is 0 Å². The van der Waals surface area contributed by atoms with Crippen LogP contribution in [0.5, 0.6) is 0 Å². The Bertz CT molecular complexity index is 395. The van der Waals surface area contributed by atoms with Gasteiger partial charge in [-0.3, -0.25) is 9.48 Å². The number of aryl methyl sites for hydroxylation is 1. The Kier molecular flexibility index (Phi) is 4.36. The molecule has 0 aromatic carbocycles. The monoisotopic (exact) mass is 252 g/mol. The summed E-state index contributed by atoms with van der Waals surface area (Å²) in [6.07, 6.45) is 7.17. The summed E-state index contributed by atoms with van der Waals surface area (Å²) in [5.41, 5.74) is 1.08. The van der Waals surface area contributed by atoms with Gasteiger partial charge in [0, 0.05) is 18.3 Å². The molecule has 1 fully saturated rings. The Morgan fingerprint density at radius 2 is 2.22 bits per heavy atom. The normalized spacial score (nSPS) is 24.1. The van der Waals surface area contributed by atoms with E-state index in [-0.39, 0.29) is 12.0 Å². The van der Waals surface area contributed by atoms with Crippen molar-refractivity contribution in [1.82, 2.24) is 9.78 Å². The smallest absolute Gasteiger partial charge is 0.306 e. The fraction of sp³-hybridized carbons (Fsp3) is 0.692. The second-order valence-corrected chi connectivity index (χ2v) is 4.83. The topological polar surface area (TPSA) is 64.3 Å². The van der Waals surface area contributed by atoms with Gasteiger partial charge in [-0.1, -0.05) is 0 Å². The molecule has 0 radical (unpaired) electrons. The van der Waals surface area contributed by atoms with E-state index >= 15 is 0 Å². The van der Waals surface area contributed by atoms with E-state index < -0.39 is 5.97 Å². The molecule has 1 aliphatic rings. The first-order valence-electron chi connectivity index (χ1n) is 6.54. The molecule has 0 spiro atoms. The van der Waals surface area contributed by atoms with Crippen LogP contribution in [0, 0.1) is 5.92 Å². The second-order valence-electron chi connectivity index (χ2n) is 4.83. The lowest BCUT2D eigenvalue weighted by atomic mass is 9.87. The molecular weight excluding hydrogens is 232 g/mol. The summed E-state index contributed by atoms with van der Waals surface area (Å²) >= 11 is 0. The third-order valence-corrected chi connectivity index (χ3v) is 3.52.